The van der Waals surface area contributed by atoms with Crippen LogP contribution in [0, 0.1) is 13.8 Å². The number of hydrogen-bond acceptors (Lipinski definition) is 2. The SMILES string of the molecule is Cc1cc(C(C)C)cc(C2(N=C=O)CC2)c1C. The summed E-state index contributed by atoms with van der Waals surface area (Å²) in [7, 11) is 0. The maximum absolute atomic E-state index is 10.6. The van der Waals surface area contributed by atoms with Gasteiger partial charge < -0.3 is 0 Å². The van der Waals surface area contributed by atoms with Gasteiger partial charge >= 0.3 is 0 Å². The van der Waals surface area contributed by atoms with Crippen LogP contribution in [-0.4, -0.2) is 6.08 Å². The van der Waals surface area contributed by atoms with E-state index in [1.54, 1.807) is 6.08 Å². The van der Waals surface area contributed by atoms with Gasteiger partial charge in [-0.1, -0.05) is 26.0 Å². The minimum absolute atomic E-state index is 0.249. The molecule has 0 unspecified atom stereocenters. The van der Waals surface area contributed by atoms with Gasteiger partial charge in [0.15, 0.2) is 0 Å². The minimum atomic E-state index is -0.249. The Balaban J connectivity index is 2.57. The second-order valence-corrected chi connectivity index (χ2v) is 5.40. The molecule has 1 aromatic carbocycles. The lowest BCUT2D eigenvalue weighted by Crippen LogP contribution is -2.08. The van der Waals surface area contributed by atoms with Crippen molar-refractivity contribution in [2.45, 2.75) is 52.0 Å². The summed E-state index contributed by atoms with van der Waals surface area (Å²) in [6.07, 6.45) is 3.69. The van der Waals surface area contributed by atoms with Gasteiger partial charge in [0.05, 0.1) is 5.54 Å². The zero-order valence-corrected chi connectivity index (χ0v) is 11.0. The van der Waals surface area contributed by atoms with Crippen molar-refractivity contribution in [3.8, 4) is 0 Å². The van der Waals surface area contributed by atoms with E-state index in [0.717, 1.165) is 12.8 Å². The molecule has 0 radical (unpaired) electrons. The first-order chi connectivity index (χ1) is 8.00. The number of isocyanates is 1. The number of aliphatic imine (C=N–C) groups is 1. The summed E-state index contributed by atoms with van der Waals surface area (Å²) in [6, 6.07) is 4.46. The van der Waals surface area contributed by atoms with E-state index in [-0.39, 0.29) is 5.54 Å². The molecule has 1 fully saturated rings. The number of aryl methyl sites for hydroxylation is 1. The van der Waals surface area contributed by atoms with Crippen LogP contribution in [0.2, 0.25) is 0 Å². The lowest BCUT2D eigenvalue weighted by molar-refractivity contribution is 0.556. The third kappa shape index (κ3) is 2.05. The second-order valence-electron chi connectivity index (χ2n) is 5.40. The summed E-state index contributed by atoms with van der Waals surface area (Å²) < 4.78 is 0. The topological polar surface area (TPSA) is 29.4 Å². The number of carbonyl (C=O) groups excluding carboxylic acids is 1. The Morgan fingerprint density at radius 2 is 1.94 bits per heavy atom. The Bertz CT molecular complexity index is 492. The minimum Gasteiger partial charge on any atom is -0.211 e. The van der Waals surface area contributed by atoms with Crippen LogP contribution in [0.1, 0.15) is 54.9 Å². The fraction of sp³-hybridized carbons (Fsp3) is 0.533. The summed E-state index contributed by atoms with van der Waals surface area (Å²) in [5.74, 6) is 0.504. The van der Waals surface area contributed by atoms with Gasteiger partial charge in [-0.05, 0) is 54.9 Å². The van der Waals surface area contributed by atoms with E-state index in [4.69, 9.17) is 0 Å². The molecule has 0 amide bonds. The molecule has 0 saturated heterocycles. The summed E-state index contributed by atoms with van der Waals surface area (Å²) in [5, 5.41) is 0. The van der Waals surface area contributed by atoms with Crippen LogP contribution in [0.15, 0.2) is 17.1 Å². The number of hydrogen-bond donors (Lipinski definition) is 0. The van der Waals surface area contributed by atoms with E-state index in [9.17, 15) is 4.79 Å². The highest BCUT2D eigenvalue weighted by Gasteiger charge is 2.46. The first-order valence-electron chi connectivity index (χ1n) is 6.21. The molecule has 2 heteroatoms. The monoisotopic (exact) mass is 229 g/mol. The standard InChI is InChI=1S/C15H19NO/c1-10(2)13-7-11(3)12(4)14(8-13)15(5-6-15)16-9-17/h7-8,10H,5-6H2,1-4H3. The van der Waals surface area contributed by atoms with E-state index in [1.807, 2.05) is 0 Å². The Kier molecular flexibility index (Phi) is 2.92. The fourth-order valence-electron chi connectivity index (χ4n) is 2.35. The van der Waals surface area contributed by atoms with Gasteiger partial charge in [-0.3, -0.25) is 0 Å². The van der Waals surface area contributed by atoms with Crippen molar-refractivity contribution < 1.29 is 4.79 Å². The van der Waals surface area contributed by atoms with Crippen molar-refractivity contribution in [2.75, 3.05) is 0 Å². The van der Waals surface area contributed by atoms with Crippen molar-refractivity contribution in [3.63, 3.8) is 0 Å². The summed E-state index contributed by atoms with van der Waals surface area (Å²) in [6.45, 7) is 8.63. The molecule has 0 aromatic heterocycles. The number of rotatable bonds is 3. The first kappa shape index (κ1) is 12.1. The maximum Gasteiger partial charge on any atom is 0.235 e. The van der Waals surface area contributed by atoms with Gasteiger partial charge in [-0.25, -0.2) is 4.79 Å². The molecule has 2 rings (SSSR count). The van der Waals surface area contributed by atoms with E-state index in [2.05, 4.69) is 44.8 Å². The molecule has 0 heterocycles. The third-order valence-corrected chi connectivity index (χ3v) is 3.84. The largest absolute Gasteiger partial charge is 0.235 e. The average molecular weight is 229 g/mol. The molecular formula is C15H19NO. The Hall–Kier alpha value is -1.40. The predicted octanol–water partition coefficient (Wildman–Crippen LogP) is 3.75. The predicted molar refractivity (Wildman–Crippen MR) is 69.0 cm³/mol. The second kappa shape index (κ2) is 4.12. The van der Waals surface area contributed by atoms with Crippen LogP contribution < -0.4 is 0 Å². The average Bonchev–Trinajstić information content (AvgIpc) is 3.03. The number of benzene rings is 1. The van der Waals surface area contributed by atoms with Crippen molar-refractivity contribution in [1.82, 2.24) is 0 Å². The van der Waals surface area contributed by atoms with Gasteiger partial charge in [0.1, 0.15) is 0 Å². The molecular weight excluding hydrogens is 210 g/mol. The van der Waals surface area contributed by atoms with Gasteiger partial charge in [0.2, 0.25) is 6.08 Å². The highest BCUT2D eigenvalue weighted by molar-refractivity contribution is 5.48. The van der Waals surface area contributed by atoms with Crippen molar-refractivity contribution in [1.29, 1.82) is 0 Å². The molecule has 0 N–H and O–H groups in total. The van der Waals surface area contributed by atoms with Crippen molar-refractivity contribution in [3.05, 3.63) is 34.4 Å². The molecule has 1 aliphatic rings. The Morgan fingerprint density at radius 3 is 2.41 bits per heavy atom. The van der Waals surface area contributed by atoms with Crippen LogP contribution in [0.3, 0.4) is 0 Å². The Morgan fingerprint density at radius 1 is 1.29 bits per heavy atom. The van der Waals surface area contributed by atoms with E-state index < -0.39 is 0 Å². The normalized spacial score (nSPS) is 16.8. The molecule has 1 saturated carbocycles. The molecule has 0 atom stereocenters. The molecule has 1 aromatic rings. The van der Waals surface area contributed by atoms with Crippen LogP contribution in [0.25, 0.3) is 0 Å². The zero-order chi connectivity index (χ0) is 12.6. The Labute approximate surface area is 103 Å². The molecule has 1 aliphatic carbocycles. The molecule has 90 valence electrons. The van der Waals surface area contributed by atoms with Gasteiger partial charge in [-0.2, -0.15) is 4.99 Å². The van der Waals surface area contributed by atoms with E-state index >= 15 is 0 Å². The summed E-state index contributed by atoms with van der Waals surface area (Å²) >= 11 is 0. The van der Waals surface area contributed by atoms with E-state index in [1.165, 1.54) is 22.3 Å². The van der Waals surface area contributed by atoms with Crippen molar-refractivity contribution >= 4 is 6.08 Å². The zero-order valence-electron chi connectivity index (χ0n) is 11.0. The molecule has 0 aliphatic heterocycles. The maximum atomic E-state index is 10.6. The molecule has 0 bridgehead atoms. The lowest BCUT2D eigenvalue weighted by atomic mass is 9.90. The first-order valence-corrected chi connectivity index (χ1v) is 6.21. The third-order valence-electron chi connectivity index (χ3n) is 3.84. The summed E-state index contributed by atoms with van der Waals surface area (Å²) in [5.41, 5.74) is 4.87. The van der Waals surface area contributed by atoms with Gasteiger partial charge in [0, 0.05) is 0 Å². The molecule has 2 nitrogen and oxygen atoms in total. The fourth-order valence-corrected chi connectivity index (χ4v) is 2.35. The van der Waals surface area contributed by atoms with Gasteiger partial charge in [0.25, 0.3) is 0 Å². The quantitative estimate of drug-likeness (QED) is 0.573. The van der Waals surface area contributed by atoms with Crippen LogP contribution in [-0.2, 0) is 10.3 Å². The van der Waals surface area contributed by atoms with Crippen molar-refractivity contribution in [2.24, 2.45) is 4.99 Å². The smallest absolute Gasteiger partial charge is 0.211 e. The van der Waals surface area contributed by atoms with Crippen LogP contribution in [0.4, 0.5) is 0 Å². The van der Waals surface area contributed by atoms with E-state index in [0.29, 0.717) is 5.92 Å². The lowest BCUT2D eigenvalue weighted by Gasteiger charge is -2.18. The summed E-state index contributed by atoms with van der Waals surface area (Å²) in [4.78, 5) is 14.6. The highest BCUT2D eigenvalue weighted by Crippen LogP contribution is 2.51. The molecule has 0 spiro atoms. The van der Waals surface area contributed by atoms with Crippen LogP contribution in [0.5, 0.6) is 0 Å². The number of nitrogens with zero attached hydrogens (tertiary/aromatic N) is 1. The highest BCUT2D eigenvalue weighted by atomic mass is 16.1. The van der Waals surface area contributed by atoms with Crippen LogP contribution >= 0.6 is 0 Å². The molecule has 17 heavy (non-hydrogen) atoms. The van der Waals surface area contributed by atoms with Gasteiger partial charge in [-0.15, -0.1) is 0 Å².